The molecule has 0 aliphatic rings. The summed E-state index contributed by atoms with van der Waals surface area (Å²) in [4.78, 5) is 10.2. The first-order chi connectivity index (χ1) is 9.99. The molecule has 21 heavy (non-hydrogen) atoms. The number of nitro benzene ring substituents is 1. The zero-order valence-electron chi connectivity index (χ0n) is 11.6. The Kier molecular flexibility index (Phi) is 6.34. The van der Waals surface area contributed by atoms with Crippen molar-refractivity contribution in [1.82, 2.24) is 10.7 Å². The molecule has 0 fully saturated rings. The van der Waals surface area contributed by atoms with E-state index in [1.165, 1.54) is 18.3 Å². The Morgan fingerprint density at radius 1 is 1.57 bits per heavy atom. The molecular formula is C12H16N4O4S. The summed E-state index contributed by atoms with van der Waals surface area (Å²) in [7, 11) is 0. The minimum atomic E-state index is -0.689. The van der Waals surface area contributed by atoms with E-state index in [1.807, 2.05) is 6.92 Å². The quantitative estimate of drug-likeness (QED) is 0.316. The van der Waals surface area contributed by atoms with E-state index in [2.05, 4.69) is 15.8 Å². The lowest BCUT2D eigenvalue weighted by atomic mass is 10.2. The van der Waals surface area contributed by atoms with E-state index >= 15 is 0 Å². The Bertz CT molecular complexity index is 562. The number of hydrazone groups is 1. The largest absolute Gasteiger partial charge is 0.500 e. The van der Waals surface area contributed by atoms with Crippen LogP contribution in [0.15, 0.2) is 17.2 Å². The van der Waals surface area contributed by atoms with Crippen molar-refractivity contribution in [2.24, 2.45) is 5.10 Å². The molecule has 1 aromatic rings. The number of thiocarbonyl (C=S) groups is 1. The maximum absolute atomic E-state index is 10.9. The van der Waals surface area contributed by atoms with E-state index in [-0.39, 0.29) is 12.4 Å². The monoisotopic (exact) mass is 312 g/mol. The molecule has 0 aromatic heterocycles. The highest BCUT2D eigenvalue weighted by atomic mass is 32.1. The first kappa shape index (κ1) is 16.6. The fourth-order valence-corrected chi connectivity index (χ4v) is 1.66. The van der Waals surface area contributed by atoms with Crippen molar-refractivity contribution in [1.29, 1.82) is 0 Å². The Morgan fingerprint density at radius 3 is 2.86 bits per heavy atom. The summed E-state index contributed by atoms with van der Waals surface area (Å²) < 4.78 is 5.16. The molecule has 0 aliphatic heterocycles. The maximum atomic E-state index is 10.9. The SMILES string of the molecule is CCNC(=S)NN=Cc1cc(OCC)c(O)c([N+](=O)[O-])c1. The number of nitrogens with one attached hydrogen (secondary N) is 2. The van der Waals surface area contributed by atoms with Gasteiger partial charge in [0.15, 0.2) is 10.9 Å². The van der Waals surface area contributed by atoms with Gasteiger partial charge in [-0.2, -0.15) is 5.10 Å². The number of hydrogen-bond donors (Lipinski definition) is 3. The van der Waals surface area contributed by atoms with Crippen LogP contribution in [0.5, 0.6) is 11.5 Å². The fourth-order valence-electron chi connectivity index (χ4n) is 1.46. The van der Waals surface area contributed by atoms with Crippen LogP contribution in [0.3, 0.4) is 0 Å². The summed E-state index contributed by atoms with van der Waals surface area (Å²) in [5.74, 6) is -0.475. The van der Waals surface area contributed by atoms with Gasteiger partial charge in [-0.1, -0.05) is 0 Å². The number of benzene rings is 1. The van der Waals surface area contributed by atoms with Crippen molar-refractivity contribution in [3.05, 3.63) is 27.8 Å². The van der Waals surface area contributed by atoms with Gasteiger partial charge in [-0.15, -0.1) is 0 Å². The van der Waals surface area contributed by atoms with Gasteiger partial charge in [-0.3, -0.25) is 15.5 Å². The Hall–Kier alpha value is -2.42. The van der Waals surface area contributed by atoms with Crippen LogP contribution in [0.2, 0.25) is 0 Å². The Balaban J connectivity index is 2.99. The summed E-state index contributed by atoms with van der Waals surface area (Å²) in [5, 5.41) is 27.7. The Morgan fingerprint density at radius 2 is 2.29 bits per heavy atom. The van der Waals surface area contributed by atoms with E-state index in [9.17, 15) is 15.2 Å². The molecule has 9 heteroatoms. The molecule has 0 spiro atoms. The van der Waals surface area contributed by atoms with E-state index in [0.717, 1.165) is 0 Å². The number of phenols is 1. The van der Waals surface area contributed by atoms with Gasteiger partial charge in [0.2, 0.25) is 5.75 Å². The normalized spacial score (nSPS) is 10.4. The van der Waals surface area contributed by atoms with Gasteiger partial charge in [0.05, 0.1) is 17.7 Å². The second-order valence-electron chi connectivity index (χ2n) is 3.81. The highest BCUT2D eigenvalue weighted by Crippen LogP contribution is 2.36. The average Bonchev–Trinajstić information content (AvgIpc) is 2.42. The van der Waals surface area contributed by atoms with E-state index in [0.29, 0.717) is 17.2 Å². The first-order valence-electron chi connectivity index (χ1n) is 6.20. The lowest BCUT2D eigenvalue weighted by molar-refractivity contribution is -0.386. The minimum absolute atomic E-state index is 0.0300. The molecule has 1 rings (SSSR count). The number of hydrogen-bond acceptors (Lipinski definition) is 6. The molecule has 0 atom stereocenters. The van der Waals surface area contributed by atoms with E-state index in [4.69, 9.17) is 17.0 Å². The van der Waals surface area contributed by atoms with Crippen molar-refractivity contribution in [2.75, 3.05) is 13.2 Å². The molecule has 3 N–H and O–H groups in total. The summed E-state index contributed by atoms with van der Waals surface area (Å²) in [6.45, 7) is 4.52. The van der Waals surface area contributed by atoms with Crippen LogP contribution in [0.4, 0.5) is 5.69 Å². The summed E-state index contributed by atoms with van der Waals surface area (Å²) in [6.07, 6.45) is 1.35. The van der Waals surface area contributed by atoms with E-state index < -0.39 is 16.4 Å². The molecule has 8 nitrogen and oxygen atoms in total. The minimum Gasteiger partial charge on any atom is -0.500 e. The van der Waals surface area contributed by atoms with Gasteiger partial charge in [0, 0.05) is 18.2 Å². The predicted molar refractivity (Wildman–Crippen MR) is 82.9 cm³/mol. The summed E-state index contributed by atoms with van der Waals surface area (Å²) in [5.41, 5.74) is 2.51. The molecule has 0 saturated carbocycles. The van der Waals surface area contributed by atoms with Crippen LogP contribution in [-0.2, 0) is 0 Å². The van der Waals surface area contributed by atoms with Crippen molar-refractivity contribution in [3.63, 3.8) is 0 Å². The summed E-state index contributed by atoms with van der Waals surface area (Å²) in [6, 6.07) is 2.65. The molecule has 0 bridgehead atoms. The third-order valence-corrected chi connectivity index (χ3v) is 2.53. The van der Waals surface area contributed by atoms with Crippen molar-refractivity contribution in [3.8, 4) is 11.5 Å². The molecular weight excluding hydrogens is 296 g/mol. The molecule has 0 amide bonds. The number of nitro groups is 1. The van der Waals surface area contributed by atoms with Gasteiger partial charge in [0.25, 0.3) is 0 Å². The number of aromatic hydroxyl groups is 1. The smallest absolute Gasteiger partial charge is 0.315 e. The van der Waals surface area contributed by atoms with Gasteiger partial charge >= 0.3 is 5.69 Å². The van der Waals surface area contributed by atoms with Crippen molar-refractivity contribution in [2.45, 2.75) is 13.8 Å². The highest BCUT2D eigenvalue weighted by molar-refractivity contribution is 7.80. The van der Waals surface area contributed by atoms with Crippen LogP contribution < -0.4 is 15.5 Å². The van der Waals surface area contributed by atoms with Crippen LogP contribution in [0.1, 0.15) is 19.4 Å². The lowest BCUT2D eigenvalue weighted by Gasteiger charge is -2.07. The zero-order chi connectivity index (χ0) is 15.8. The second kappa shape index (κ2) is 8.00. The van der Waals surface area contributed by atoms with Crippen LogP contribution >= 0.6 is 12.2 Å². The van der Waals surface area contributed by atoms with Gasteiger partial charge in [0.1, 0.15) is 0 Å². The molecule has 0 saturated heterocycles. The highest BCUT2D eigenvalue weighted by Gasteiger charge is 2.19. The third-order valence-electron chi connectivity index (χ3n) is 2.29. The third kappa shape index (κ3) is 4.88. The molecule has 0 unspecified atom stereocenters. The number of nitrogens with zero attached hydrogens (tertiary/aromatic N) is 2. The van der Waals surface area contributed by atoms with Gasteiger partial charge in [-0.05, 0) is 32.1 Å². The van der Waals surface area contributed by atoms with Gasteiger partial charge in [-0.25, -0.2) is 0 Å². The van der Waals surface area contributed by atoms with Crippen molar-refractivity contribution >= 4 is 29.2 Å². The zero-order valence-corrected chi connectivity index (χ0v) is 12.4. The van der Waals surface area contributed by atoms with E-state index in [1.54, 1.807) is 6.92 Å². The predicted octanol–water partition coefficient (Wildman–Crippen LogP) is 1.52. The maximum Gasteiger partial charge on any atom is 0.315 e. The molecule has 0 aliphatic carbocycles. The number of rotatable bonds is 6. The van der Waals surface area contributed by atoms with Crippen LogP contribution in [0.25, 0.3) is 0 Å². The molecule has 0 heterocycles. The molecule has 0 radical (unpaired) electrons. The first-order valence-corrected chi connectivity index (χ1v) is 6.61. The fraction of sp³-hybridized carbons (Fsp3) is 0.333. The molecule has 114 valence electrons. The van der Waals surface area contributed by atoms with Crippen LogP contribution in [-0.4, -0.2) is 34.5 Å². The van der Waals surface area contributed by atoms with Gasteiger partial charge < -0.3 is 15.2 Å². The Labute approximate surface area is 127 Å². The van der Waals surface area contributed by atoms with Crippen molar-refractivity contribution < 1.29 is 14.8 Å². The average molecular weight is 312 g/mol. The lowest BCUT2D eigenvalue weighted by Crippen LogP contribution is -2.31. The number of ether oxygens (including phenoxy) is 1. The number of phenolic OH excluding ortho intramolecular Hbond substituents is 1. The van der Waals surface area contributed by atoms with Crippen LogP contribution in [0, 0.1) is 10.1 Å². The molecule has 1 aromatic carbocycles. The topological polar surface area (TPSA) is 109 Å². The second-order valence-corrected chi connectivity index (χ2v) is 4.21. The summed E-state index contributed by atoms with van der Waals surface area (Å²) >= 11 is 4.92. The standard InChI is InChI=1S/C12H16N4O4S/c1-3-13-12(21)15-14-7-8-5-9(16(18)19)11(17)10(6-8)20-4-2/h5-7,17H,3-4H2,1-2H3,(H2,13,15,21).